The topological polar surface area (TPSA) is 95.4 Å². The van der Waals surface area contributed by atoms with E-state index in [0.29, 0.717) is 35.1 Å². The molecule has 1 aromatic rings. The summed E-state index contributed by atoms with van der Waals surface area (Å²) in [7, 11) is 0. The number of aliphatic imine (C=N–C) groups is 1. The molecule has 2 fully saturated rings. The number of carboxylic acids is 1. The Bertz CT molecular complexity index is 825. The van der Waals surface area contributed by atoms with Crippen molar-refractivity contribution in [3.8, 4) is 5.75 Å². The Morgan fingerprint density at radius 1 is 1.35 bits per heavy atom. The summed E-state index contributed by atoms with van der Waals surface area (Å²) in [6.45, 7) is 0.853. The summed E-state index contributed by atoms with van der Waals surface area (Å²) in [6, 6.07) is 4.96. The van der Waals surface area contributed by atoms with Gasteiger partial charge in [0.15, 0.2) is 0 Å². The van der Waals surface area contributed by atoms with E-state index in [4.69, 9.17) is 21.1 Å². The van der Waals surface area contributed by atoms with Gasteiger partial charge < -0.3 is 19.9 Å². The van der Waals surface area contributed by atoms with Gasteiger partial charge >= 0.3 is 5.97 Å². The molecule has 2 saturated heterocycles. The molecule has 3 aliphatic heterocycles. The number of hydrogen-bond donors (Lipinski definition) is 3. The van der Waals surface area contributed by atoms with E-state index in [-0.39, 0.29) is 6.54 Å². The maximum absolute atomic E-state index is 12.4. The molecule has 2 unspecified atom stereocenters. The summed E-state index contributed by atoms with van der Waals surface area (Å²) in [5.41, 5.74) is 2.48. The largest absolute Gasteiger partial charge is 0.480 e. The molecule has 0 aliphatic carbocycles. The zero-order valence-corrected chi connectivity index (χ0v) is 14.4. The fourth-order valence-corrected chi connectivity index (χ4v) is 3.68. The fraction of sp³-hybridized carbons (Fsp3) is 0.294. The van der Waals surface area contributed by atoms with Crippen LogP contribution in [0.15, 0.2) is 48.2 Å². The lowest BCUT2D eigenvalue weighted by atomic mass is 9.77. The number of halogens is 1. The van der Waals surface area contributed by atoms with E-state index in [0.717, 1.165) is 0 Å². The van der Waals surface area contributed by atoms with Gasteiger partial charge in [-0.15, -0.1) is 0 Å². The van der Waals surface area contributed by atoms with Crippen molar-refractivity contribution in [1.29, 1.82) is 0 Å². The number of nitrogens with zero attached hydrogens (tertiary/aromatic N) is 2. The average molecular weight is 377 g/mol. The van der Waals surface area contributed by atoms with Gasteiger partial charge in [0.2, 0.25) is 0 Å². The summed E-state index contributed by atoms with van der Waals surface area (Å²) < 4.78 is 10.7. The molecule has 3 N–H and O–H groups in total. The molecule has 4 rings (SSSR count). The first-order valence-corrected chi connectivity index (χ1v) is 8.47. The lowest BCUT2D eigenvalue weighted by Crippen LogP contribution is -2.61. The number of hydrazine groups is 1. The Morgan fingerprint density at radius 2 is 2.23 bits per heavy atom. The van der Waals surface area contributed by atoms with E-state index in [9.17, 15) is 9.90 Å². The van der Waals surface area contributed by atoms with Crippen molar-refractivity contribution in [2.75, 3.05) is 13.1 Å². The minimum atomic E-state index is -1.25. The third-order valence-electron chi connectivity index (χ3n) is 4.71. The van der Waals surface area contributed by atoms with Gasteiger partial charge in [-0.25, -0.2) is 10.0 Å². The van der Waals surface area contributed by atoms with Gasteiger partial charge in [-0.05, 0) is 23.8 Å². The van der Waals surface area contributed by atoms with Crippen molar-refractivity contribution >= 4 is 23.4 Å². The highest BCUT2D eigenvalue weighted by atomic mass is 35.5. The minimum absolute atomic E-state index is 0.224. The van der Waals surface area contributed by atoms with Gasteiger partial charge in [0.1, 0.15) is 42.0 Å². The molecule has 9 heteroatoms. The third-order valence-corrected chi connectivity index (χ3v) is 4.93. The summed E-state index contributed by atoms with van der Waals surface area (Å²) in [6.07, 6.45) is 5.76. The third kappa shape index (κ3) is 2.82. The van der Waals surface area contributed by atoms with Crippen LogP contribution < -0.4 is 15.5 Å². The monoisotopic (exact) mass is 376 g/mol. The number of carboxylic acid groups (broad SMARTS) is 1. The predicted octanol–water partition coefficient (Wildman–Crippen LogP) is 1.55. The van der Waals surface area contributed by atoms with Crippen LogP contribution in [0.25, 0.3) is 0 Å². The highest BCUT2D eigenvalue weighted by molar-refractivity contribution is 6.30. The molecule has 136 valence electrons. The standard InChI is InChI=1S/C17H17ClN4O4/c18-12-7-11-8-13(9-12)26-6-5-25-4-2-19-14-1-3-22-15(21-14)17(11,10-20-22)16(23)24/h2,4-9,15,20H,1,3,10H2,(H,19,21)(H,23,24). The number of benzene rings is 1. The van der Waals surface area contributed by atoms with Gasteiger partial charge in [-0.1, -0.05) is 11.6 Å². The van der Waals surface area contributed by atoms with Crippen LogP contribution in [-0.4, -0.2) is 41.2 Å². The number of rotatable bonds is 1. The minimum Gasteiger partial charge on any atom is -0.480 e. The molecule has 26 heavy (non-hydrogen) atoms. The van der Waals surface area contributed by atoms with Gasteiger partial charge in [-0.3, -0.25) is 10.2 Å². The van der Waals surface area contributed by atoms with Crippen molar-refractivity contribution in [2.45, 2.75) is 18.0 Å². The van der Waals surface area contributed by atoms with Crippen molar-refractivity contribution < 1.29 is 19.4 Å². The van der Waals surface area contributed by atoms with Crippen molar-refractivity contribution in [3.05, 3.63) is 53.8 Å². The highest BCUT2D eigenvalue weighted by Crippen LogP contribution is 2.38. The van der Waals surface area contributed by atoms with Crippen molar-refractivity contribution in [1.82, 2.24) is 15.8 Å². The molecule has 0 aromatic heterocycles. The van der Waals surface area contributed by atoms with Crippen LogP contribution in [0.4, 0.5) is 0 Å². The van der Waals surface area contributed by atoms with Crippen LogP contribution in [0.5, 0.6) is 5.75 Å². The Balaban J connectivity index is 1.87. The lowest BCUT2D eigenvalue weighted by molar-refractivity contribution is -0.144. The van der Waals surface area contributed by atoms with Gasteiger partial charge in [0, 0.05) is 24.5 Å². The normalized spacial score (nSPS) is 27.6. The van der Waals surface area contributed by atoms with Crippen LogP contribution in [-0.2, 0) is 14.9 Å². The number of fused-ring (bicyclic) bond motifs is 4. The second kappa shape index (κ2) is 6.64. The highest BCUT2D eigenvalue weighted by Gasteiger charge is 2.56. The fourth-order valence-electron chi connectivity index (χ4n) is 3.45. The van der Waals surface area contributed by atoms with Gasteiger partial charge in [0.05, 0.1) is 6.20 Å². The first kappa shape index (κ1) is 16.9. The molecule has 3 aliphatic rings. The van der Waals surface area contributed by atoms with Crippen LogP contribution >= 0.6 is 11.6 Å². The average Bonchev–Trinajstić information content (AvgIpc) is 3.00. The molecule has 0 saturated carbocycles. The van der Waals surface area contributed by atoms with E-state index in [1.165, 1.54) is 25.0 Å². The number of carbonyl (C=O) groups is 1. The summed E-state index contributed by atoms with van der Waals surface area (Å²) in [4.78, 5) is 16.7. The van der Waals surface area contributed by atoms with E-state index in [1.54, 1.807) is 18.2 Å². The molecule has 4 bridgehead atoms. The summed E-state index contributed by atoms with van der Waals surface area (Å²) >= 11 is 6.23. The van der Waals surface area contributed by atoms with E-state index < -0.39 is 17.6 Å². The molecule has 0 spiro atoms. The quantitative estimate of drug-likeness (QED) is 0.684. The maximum Gasteiger partial charge on any atom is 0.319 e. The lowest BCUT2D eigenvalue weighted by Gasteiger charge is -2.38. The van der Waals surface area contributed by atoms with Crippen LogP contribution in [0, 0.1) is 0 Å². The molecule has 1 aromatic carbocycles. The number of amidine groups is 1. The Hall–Kier alpha value is -2.55. The molecule has 2 atom stereocenters. The number of nitrogens with one attached hydrogen (secondary N) is 2. The van der Waals surface area contributed by atoms with Gasteiger partial charge in [-0.2, -0.15) is 0 Å². The number of aliphatic carboxylic acids is 1. The first-order valence-electron chi connectivity index (χ1n) is 8.09. The smallest absolute Gasteiger partial charge is 0.319 e. The first-order chi connectivity index (χ1) is 12.6. The molecular formula is C17H17ClN4O4. The van der Waals surface area contributed by atoms with Gasteiger partial charge in [0.25, 0.3) is 0 Å². The summed E-state index contributed by atoms with van der Waals surface area (Å²) in [5, 5.41) is 15.7. The zero-order chi connectivity index (χ0) is 18.1. The second-order valence-corrected chi connectivity index (χ2v) is 6.60. The molecular weight excluding hydrogens is 360 g/mol. The van der Waals surface area contributed by atoms with Crippen molar-refractivity contribution in [3.63, 3.8) is 0 Å². The van der Waals surface area contributed by atoms with Crippen molar-refractivity contribution in [2.24, 2.45) is 4.99 Å². The zero-order valence-electron chi connectivity index (χ0n) is 13.7. The predicted molar refractivity (Wildman–Crippen MR) is 94.4 cm³/mol. The Labute approximate surface area is 154 Å². The van der Waals surface area contributed by atoms with E-state index in [1.807, 2.05) is 5.01 Å². The second-order valence-electron chi connectivity index (χ2n) is 6.16. The molecule has 0 amide bonds. The molecule has 8 nitrogen and oxygen atoms in total. The molecule has 0 radical (unpaired) electrons. The van der Waals surface area contributed by atoms with Crippen LogP contribution in [0.3, 0.4) is 0 Å². The van der Waals surface area contributed by atoms with Crippen LogP contribution in [0.2, 0.25) is 5.02 Å². The summed E-state index contributed by atoms with van der Waals surface area (Å²) in [5.74, 6) is 0.165. The number of ether oxygens (including phenoxy) is 2. The van der Waals surface area contributed by atoms with E-state index in [2.05, 4.69) is 15.7 Å². The number of hydrogen-bond acceptors (Lipinski definition) is 7. The van der Waals surface area contributed by atoms with E-state index >= 15 is 0 Å². The SMILES string of the molecule is O=C(O)C12CNN3CCC(=NC=COC=COc4cc(Cl)cc1c4)NC32. The Kier molecular flexibility index (Phi) is 4.31. The van der Waals surface area contributed by atoms with Crippen LogP contribution in [0.1, 0.15) is 12.0 Å². The Morgan fingerprint density at radius 3 is 3.08 bits per heavy atom. The molecule has 3 heterocycles. The maximum atomic E-state index is 12.4.